The van der Waals surface area contributed by atoms with Gasteiger partial charge in [0.25, 0.3) is 10.0 Å². The van der Waals surface area contributed by atoms with Crippen molar-refractivity contribution in [2.75, 3.05) is 4.72 Å². The van der Waals surface area contributed by atoms with Crippen molar-refractivity contribution in [1.82, 2.24) is 9.97 Å². The van der Waals surface area contributed by atoms with Crippen molar-refractivity contribution in [3.05, 3.63) is 82.5 Å². The first-order chi connectivity index (χ1) is 15.0. The summed E-state index contributed by atoms with van der Waals surface area (Å²) in [5, 5.41) is 4.36. The molecule has 0 aliphatic heterocycles. The van der Waals surface area contributed by atoms with Crippen LogP contribution in [0.3, 0.4) is 0 Å². The number of anilines is 1. The number of hydrogen-bond acceptors (Lipinski definition) is 6. The summed E-state index contributed by atoms with van der Waals surface area (Å²) in [6.45, 7) is 0. The van der Waals surface area contributed by atoms with E-state index in [0.717, 1.165) is 21.1 Å². The van der Waals surface area contributed by atoms with Gasteiger partial charge in [0.2, 0.25) is 0 Å². The molecule has 5 rings (SSSR count). The summed E-state index contributed by atoms with van der Waals surface area (Å²) in [5.74, 6) is 0. The number of fused-ring (bicyclic) bond motifs is 1. The maximum absolute atomic E-state index is 12.8. The minimum Gasteiger partial charge on any atom is -0.280 e. The lowest BCUT2D eigenvalue weighted by molar-refractivity contribution is 0.601. The molecule has 1 N–H and O–H groups in total. The maximum atomic E-state index is 12.8. The van der Waals surface area contributed by atoms with Crippen molar-refractivity contribution in [2.45, 2.75) is 4.90 Å². The fourth-order valence-electron chi connectivity index (χ4n) is 3.14. The van der Waals surface area contributed by atoms with E-state index >= 15 is 0 Å². The Morgan fingerprint density at radius 3 is 2.06 bits per heavy atom. The van der Waals surface area contributed by atoms with Gasteiger partial charge < -0.3 is 0 Å². The van der Waals surface area contributed by atoms with Crippen molar-refractivity contribution in [2.24, 2.45) is 0 Å². The standard InChI is InChI=1S/C22H14ClN3O2S3/c23-14-4-1-5-16(12-14)31(27,28)26-15-8-9-17-18(13-15)25-22(20-7-3-11-30-20)21(24-17)19-6-2-10-29-19/h1-13,26H. The van der Waals surface area contributed by atoms with Gasteiger partial charge in [-0.25, -0.2) is 18.4 Å². The Bertz CT molecular complexity index is 1480. The number of halogens is 1. The highest BCUT2D eigenvalue weighted by molar-refractivity contribution is 7.92. The molecule has 0 saturated carbocycles. The van der Waals surface area contributed by atoms with Gasteiger partial charge in [-0.1, -0.05) is 29.8 Å². The van der Waals surface area contributed by atoms with Crippen LogP contribution in [0.2, 0.25) is 5.02 Å². The van der Waals surface area contributed by atoms with Crippen molar-refractivity contribution < 1.29 is 8.42 Å². The molecule has 0 spiro atoms. The number of sulfonamides is 1. The Hall–Kier alpha value is -2.78. The van der Waals surface area contributed by atoms with Crippen molar-refractivity contribution in [3.8, 4) is 21.1 Å². The van der Waals surface area contributed by atoms with Crippen molar-refractivity contribution in [3.63, 3.8) is 0 Å². The Kier molecular flexibility index (Phi) is 5.23. The zero-order valence-corrected chi connectivity index (χ0v) is 19.0. The van der Waals surface area contributed by atoms with Crippen LogP contribution in [0.5, 0.6) is 0 Å². The quantitative estimate of drug-likeness (QED) is 0.308. The molecule has 0 saturated heterocycles. The molecule has 154 valence electrons. The minimum absolute atomic E-state index is 0.0958. The van der Waals surface area contributed by atoms with E-state index in [1.54, 1.807) is 53.0 Å². The van der Waals surface area contributed by atoms with Gasteiger partial charge >= 0.3 is 0 Å². The summed E-state index contributed by atoms with van der Waals surface area (Å²) < 4.78 is 28.1. The highest BCUT2D eigenvalue weighted by atomic mass is 35.5. The second-order valence-corrected chi connectivity index (χ2v) is 10.7. The molecule has 3 heterocycles. The lowest BCUT2D eigenvalue weighted by Crippen LogP contribution is -2.12. The summed E-state index contributed by atoms with van der Waals surface area (Å²) in [4.78, 5) is 11.8. The highest BCUT2D eigenvalue weighted by Gasteiger charge is 2.17. The average Bonchev–Trinajstić information content (AvgIpc) is 3.47. The monoisotopic (exact) mass is 483 g/mol. The van der Waals surface area contributed by atoms with Crippen LogP contribution in [0.15, 0.2) is 82.4 Å². The van der Waals surface area contributed by atoms with Crippen LogP contribution in [-0.4, -0.2) is 18.4 Å². The molecular weight excluding hydrogens is 470 g/mol. The fourth-order valence-corrected chi connectivity index (χ4v) is 5.92. The SMILES string of the molecule is O=S(=O)(Nc1ccc2nc(-c3cccs3)c(-c3cccs3)nc2c1)c1cccc(Cl)c1. The summed E-state index contributed by atoms with van der Waals surface area (Å²) in [5.41, 5.74) is 3.30. The second-order valence-electron chi connectivity index (χ2n) is 6.64. The second kappa shape index (κ2) is 8.05. The molecule has 31 heavy (non-hydrogen) atoms. The molecule has 0 amide bonds. The van der Waals surface area contributed by atoms with E-state index in [-0.39, 0.29) is 4.90 Å². The summed E-state index contributed by atoms with van der Waals surface area (Å²) in [7, 11) is -3.78. The van der Waals surface area contributed by atoms with Gasteiger partial charge in [0.15, 0.2) is 0 Å². The third kappa shape index (κ3) is 4.07. The third-order valence-corrected chi connectivity index (χ3v) is 7.90. The summed E-state index contributed by atoms with van der Waals surface area (Å²) in [6.07, 6.45) is 0. The van der Waals surface area contributed by atoms with E-state index in [1.165, 1.54) is 12.1 Å². The van der Waals surface area contributed by atoms with E-state index in [1.807, 2.05) is 35.0 Å². The van der Waals surface area contributed by atoms with Gasteiger partial charge in [-0.2, -0.15) is 0 Å². The molecular formula is C22H14ClN3O2S3. The van der Waals surface area contributed by atoms with Crippen LogP contribution in [-0.2, 0) is 10.0 Å². The first kappa shape index (κ1) is 20.1. The molecule has 0 atom stereocenters. The van der Waals surface area contributed by atoms with Gasteiger partial charge in [0.05, 0.1) is 31.4 Å². The number of nitrogens with one attached hydrogen (secondary N) is 1. The van der Waals surface area contributed by atoms with Crippen LogP contribution < -0.4 is 4.72 Å². The minimum atomic E-state index is -3.78. The lowest BCUT2D eigenvalue weighted by atomic mass is 10.2. The number of nitrogens with zero attached hydrogens (tertiary/aromatic N) is 2. The Labute approximate surface area is 192 Å². The zero-order valence-electron chi connectivity index (χ0n) is 15.8. The fraction of sp³-hybridized carbons (Fsp3) is 0. The molecule has 2 aromatic carbocycles. The largest absolute Gasteiger partial charge is 0.280 e. The van der Waals surface area contributed by atoms with E-state index < -0.39 is 10.0 Å². The number of aromatic nitrogens is 2. The van der Waals surface area contributed by atoms with Gasteiger partial charge in [-0.05, 0) is 59.3 Å². The van der Waals surface area contributed by atoms with Crippen molar-refractivity contribution >= 4 is 61.0 Å². The molecule has 0 unspecified atom stereocenters. The van der Waals surface area contributed by atoms with Crippen LogP contribution in [0, 0.1) is 0 Å². The Morgan fingerprint density at radius 2 is 1.45 bits per heavy atom. The number of benzene rings is 2. The molecule has 5 aromatic rings. The molecule has 0 radical (unpaired) electrons. The van der Waals surface area contributed by atoms with Crippen LogP contribution in [0.4, 0.5) is 5.69 Å². The first-order valence-corrected chi connectivity index (χ1v) is 12.8. The number of hydrogen-bond donors (Lipinski definition) is 1. The summed E-state index contributed by atoms with van der Waals surface area (Å²) >= 11 is 9.14. The Balaban J connectivity index is 1.59. The Morgan fingerprint density at radius 1 is 0.774 bits per heavy atom. The predicted molar refractivity (Wildman–Crippen MR) is 128 cm³/mol. The normalized spacial score (nSPS) is 11.6. The van der Waals surface area contributed by atoms with Crippen molar-refractivity contribution in [1.29, 1.82) is 0 Å². The first-order valence-electron chi connectivity index (χ1n) is 9.17. The molecule has 3 aromatic heterocycles. The molecule has 0 fully saturated rings. The predicted octanol–water partition coefficient (Wildman–Crippen LogP) is 6.54. The lowest BCUT2D eigenvalue weighted by Gasteiger charge is -2.11. The smallest absolute Gasteiger partial charge is 0.261 e. The van der Waals surface area contributed by atoms with E-state index in [4.69, 9.17) is 21.6 Å². The average molecular weight is 484 g/mol. The van der Waals surface area contributed by atoms with Gasteiger partial charge in [0, 0.05) is 5.02 Å². The number of rotatable bonds is 5. The molecule has 5 nitrogen and oxygen atoms in total. The van der Waals surface area contributed by atoms with Gasteiger partial charge in [0.1, 0.15) is 11.4 Å². The van der Waals surface area contributed by atoms with Gasteiger partial charge in [-0.15, -0.1) is 22.7 Å². The van der Waals surface area contributed by atoms with E-state index in [2.05, 4.69) is 4.72 Å². The molecule has 0 aliphatic carbocycles. The van der Waals surface area contributed by atoms with E-state index in [9.17, 15) is 8.42 Å². The van der Waals surface area contributed by atoms with Crippen LogP contribution in [0.1, 0.15) is 0 Å². The molecule has 0 bridgehead atoms. The topological polar surface area (TPSA) is 72.0 Å². The van der Waals surface area contributed by atoms with Crippen LogP contribution in [0.25, 0.3) is 32.2 Å². The third-order valence-electron chi connectivity index (χ3n) is 4.53. The molecule has 0 aliphatic rings. The zero-order chi connectivity index (χ0) is 21.4. The van der Waals surface area contributed by atoms with E-state index in [0.29, 0.717) is 21.7 Å². The van der Waals surface area contributed by atoms with Gasteiger partial charge in [-0.3, -0.25) is 4.72 Å². The summed E-state index contributed by atoms with van der Waals surface area (Å²) in [6, 6.07) is 19.3. The highest BCUT2D eigenvalue weighted by Crippen LogP contribution is 2.36. The molecule has 9 heteroatoms. The van der Waals surface area contributed by atoms with Crippen LogP contribution >= 0.6 is 34.3 Å². The number of thiophene rings is 2. The maximum Gasteiger partial charge on any atom is 0.261 e.